The Morgan fingerprint density at radius 3 is 1.43 bits per heavy atom. The molecule has 0 saturated heterocycles. The first-order valence-corrected chi connectivity index (χ1v) is 16.0. The van der Waals surface area contributed by atoms with Gasteiger partial charge in [0.1, 0.15) is 11.0 Å². The van der Waals surface area contributed by atoms with Gasteiger partial charge < -0.3 is 13.9 Å². The first-order valence-electron chi connectivity index (χ1n) is 16.0. The molecule has 0 amide bonds. The number of nitrogens with zero attached hydrogens (tertiary/aromatic N) is 2. The van der Waals surface area contributed by atoms with Gasteiger partial charge >= 0.3 is 24.7 Å². The summed E-state index contributed by atoms with van der Waals surface area (Å²) in [6, 6.07) is 5.73. The Morgan fingerprint density at radius 1 is 0.547 bits per heavy atom. The summed E-state index contributed by atoms with van der Waals surface area (Å²) in [7, 11) is 0. The molecule has 0 aliphatic heterocycles. The molecule has 0 fully saturated rings. The van der Waals surface area contributed by atoms with Crippen LogP contribution < -0.4 is 0 Å². The number of aromatic nitrogens is 2. The molecule has 2 aromatic heterocycles. The van der Waals surface area contributed by atoms with Gasteiger partial charge in [0.15, 0.2) is 11.2 Å². The minimum atomic E-state index is -6.27. The van der Waals surface area contributed by atoms with Crippen molar-refractivity contribution in [1.29, 1.82) is 0 Å². The summed E-state index contributed by atoms with van der Waals surface area (Å²) in [6.07, 6.45) is -23.6. The van der Waals surface area contributed by atoms with Crippen LogP contribution in [-0.4, -0.2) is 39.8 Å². The molecule has 5 aromatic rings. The van der Waals surface area contributed by atoms with Crippen LogP contribution in [0.1, 0.15) is 82.5 Å². The quantitative estimate of drug-likeness (QED) is 0.167. The Hall–Kier alpha value is -4.28. The third kappa shape index (κ3) is 6.31. The SMILES string of the molecule is CCC(C)(CC)c1nc2cc(C(c3ccc4oc(-c5cc(C(C)(C)C)cc(C(O)(C(F)(F)F)C(F)(F)F)c5)nc4c3)(C(F)(F)F)C(F)(F)F)ccc2o1. The van der Waals surface area contributed by atoms with Crippen LogP contribution in [0.5, 0.6) is 0 Å². The van der Waals surface area contributed by atoms with Gasteiger partial charge in [0.25, 0.3) is 5.60 Å². The molecule has 5 rings (SSSR count). The molecule has 0 bridgehead atoms. The van der Waals surface area contributed by atoms with Crippen LogP contribution in [0.25, 0.3) is 33.7 Å². The standard InChI is InChI=1S/C36H32F12N2O3/c1-7-30(6,8-2)28-50-24-17-20(10-12-26(24)53-28)31(33(37,38)39,34(40,41)42)19-9-11-25-23(16-19)49-27(52-25)18-13-21(29(3,4)5)15-22(14-18)32(51,35(43,44)45)36(46,47)48/h9-17,51H,7-8H2,1-6H3. The lowest BCUT2D eigenvalue weighted by molar-refractivity contribution is -0.376. The van der Waals surface area contributed by atoms with Gasteiger partial charge in [-0.15, -0.1) is 0 Å². The molecule has 0 aliphatic rings. The molecule has 3 aromatic carbocycles. The fourth-order valence-electron chi connectivity index (χ4n) is 6.12. The lowest BCUT2D eigenvalue weighted by Crippen LogP contribution is -2.54. The van der Waals surface area contributed by atoms with Crippen molar-refractivity contribution in [2.45, 2.75) is 101 Å². The maximum absolute atomic E-state index is 15.1. The number of halogens is 12. The lowest BCUT2D eigenvalue weighted by Gasteiger charge is -2.38. The second kappa shape index (κ2) is 12.4. The van der Waals surface area contributed by atoms with E-state index in [1.54, 1.807) is 6.92 Å². The minimum absolute atomic E-state index is 0.0495. The van der Waals surface area contributed by atoms with E-state index in [4.69, 9.17) is 8.83 Å². The second-order valence-electron chi connectivity index (χ2n) is 14.2. The van der Waals surface area contributed by atoms with E-state index in [1.165, 1.54) is 20.8 Å². The summed E-state index contributed by atoms with van der Waals surface area (Å²) in [5.41, 5.74) is -18.3. The second-order valence-corrected chi connectivity index (χ2v) is 14.2. The summed E-state index contributed by atoms with van der Waals surface area (Å²) in [6.45, 7) is 9.73. The molecule has 2 heterocycles. The molecule has 0 aliphatic carbocycles. The van der Waals surface area contributed by atoms with Gasteiger partial charge in [0.05, 0.1) is 0 Å². The van der Waals surface area contributed by atoms with Gasteiger partial charge in [-0.05, 0) is 71.3 Å². The molecule has 53 heavy (non-hydrogen) atoms. The predicted octanol–water partition coefficient (Wildman–Crippen LogP) is 11.7. The Labute approximate surface area is 294 Å². The first kappa shape index (κ1) is 39.9. The van der Waals surface area contributed by atoms with Gasteiger partial charge in [-0.3, -0.25) is 0 Å². The van der Waals surface area contributed by atoms with E-state index >= 15 is 26.3 Å². The zero-order valence-corrected chi connectivity index (χ0v) is 28.8. The molecular weight excluding hydrogens is 736 g/mol. The van der Waals surface area contributed by atoms with Gasteiger partial charge in [-0.1, -0.05) is 59.7 Å². The van der Waals surface area contributed by atoms with Crippen molar-refractivity contribution in [1.82, 2.24) is 9.97 Å². The van der Waals surface area contributed by atoms with Crippen LogP contribution in [0.2, 0.25) is 0 Å². The highest BCUT2D eigenvalue weighted by Gasteiger charge is 2.73. The van der Waals surface area contributed by atoms with Gasteiger partial charge in [0.2, 0.25) is 17.2 Å². The number of oxazole rings is 2. The number of hydrogen-bond donors (Lipinski definition) is 1. The number of rotatable bonds is 7. The summed E-state index contributed by atoms with van der Waals surface area (Å²) in [5.74, 6) is -0.620. The summed E-state index contributed by atoms with van der Waals surface area (Å²) >= 11 is 0. The molecule has 288 valence electrons. The van der Waals surface area contributed by atoms with E-state index in [2.05, 4.69) is 9.97 Å². The maximum atomic E-state index is 15.1. The fourth-order valence-corrected chi connectivity index (χ4v) is 6.12. The Balaban J connectivity index is 1.75. The molecule has 17 heteroatoms. The van der Waals surface area contributed by atoms with Crippen molar-refractivity contribution >= 4 is 22.2 Å². The molecular formula is C36H32F12N2O3. The monoisotopic (exact) mass is 768 g/mol. The van der Waals surface area contributed by atoms with E-state index in [0.717, 1.165) is 18.2 Å². The highest BCUT2D eigenvalue weighted by Crippen LogP contribution is 2.57. The molecule has 0 saturated carbocycles. The summed E-state index contributed by atoms with van der Waals surface area (Å²) in [4.78, 5) is 8.15. The van der Waals surface area contributed by atoms with Crippen molar-refractivity contribution in [2.24, 2.45) is 0 Å². The number of aliphatic hydroxyl groups is 1. The molecule has 0 atom stereocenters. The highest BCUT2D eigenvalue weighted by molar-refractivity contribution is 5.79. The van der Waals surface area contributed by atoms with Crippen molar-refractivity contribution < 1.29 is 66.6 Å². The number of fused-ring (bicyclic) bond motifs is 2. The number of hydrogen-bond acceptors (Lipinski definition) is 5. The number of benzene rings is 3. The maximum Gasteiger partial charge on any atom is 0.430 e. The highest BCUT2D eigenvalue weighted by atomic mass is 19.4. The van der Waals surface area contributed by atoms with Crippen LogP contribution in [0.3, 0.4) is 0 Å². The third-order valence-corrected chi connectivity index (χ3v) is 9.85. The summed E-state index contributed by atoms with van der Waals surface area (Å²) < 4.78 is 185. The van der Waals surface area contributed by atoms with E-state index in [0.29, 0.717) is 49.2 Å². The van der Waals surface area contributed by atoms with Crippen molar-refractivity contribution in [3.63, 3.8) is 0 Å². The van der Waals surface area contributed by atoms with Gasteiger partial charge in [-0.25, -0.2) is 9.97 Å². The lowest BCUT2D eigenvalue weighted by atomic mass is 9.72. The van der Waals surface area contributed by atoms with Crippen LogP contribution in [0.15, 0.2) is 63.4 Å². The van der Waals surface area contributed by atoms with E-state index < -0.39 is 85.8 Å². The van der Waals surface area contributed by atoms with Crippen LogP contribution in [0, 0.1) is 0 Å². The van der Waals surface area contributed by atoms with E-state index in [-0.39, 0.29) is 22.6 Å². The fraction of sp³-hybridized carbons (Fsp3) is 0.444. The Bertz CT molecular complexity index is 2120. The predicted molar refractivity (Wildman–Crippen MR) is 169 cm³/mol. The average Bonchev–Trinajstić information content (AvgIpc) is 3.66. The minimum Gasteiger partial charge on any atom is -0.440 e. The van der Waals surface area contributed by atoms with Crippen molar-refractivity contribution in [2.75, 3.05) is 0 Å². The van der Waals surface area contributed by atoms with Crippen molar-refractivity contribution in [3.05, 3.63) is 82.7 Å². The molecule has 5 nitrogen and oxygen atoms in total. The van der Waals surface area contributed by atoms with Gasteiger partial charge in [0, 0.05) is 16.5 Å². The van der Waals surface area contributed by atoms with Crippen LogP contribution in [-0.2, 0) is 21.8 Å². The molecule has 0 radical (unpaired) electrons. The Morgan fingerprint density at radius 2 is 1.00 bits per heavy atom. The smallest absolute Gasteiger partial charge is 0.430 e. The molecule has 0 spiro atoms. The van der Waals surface area contributed by atoms with E-state index in [1.807, 2.05) is 13.8 Å². The molecule has 1 N–H and O–H groups in total. The van der Waals surface area contributed by atoms with E-state index in [9.17, 15) is 31.4 Å². The summed E-state index contributed by atoms with van der Waals surface area (Å²) in [5, 5.41) is 10.2. The third-order valence-electron chi connectivity index (χ3n) is 9.85. The topological polar surface area (TPSA) is 72.3 Å². The average molecular weight is 769 g/mol. The largest absolute Gasteiger partial charge is 0.440 e. The Kier molecular flexibility index (Phi) is 9.33. The van der Waals surface area contributed by atoms with Crippen LogP contribution in [0.4, 0.5) is 52.7 Å². The van der Waals surface area contributed by atoms with Crippen LogP contribution >= 0.6 is 0 Å². The zero-order valence-electron chi connectivity index (χ0n) is 28.8. The molecule has 0 unspecified atom stereocenters. The van der Waals surface area contributed by atoms with Crippen molar-refractivity contribution in [3.8, 4) is 11.5 Å². The zero-order chi connectivity index (χ0) is 40.0. The van der Waals surface area contributed by atoms with Gasteiger partial charge in [-0.2, -0.15) is 52.7 Å². The first-order chi connectivity index (χ1) is 24.0. The number of alkyl halides is 12. The normalized spacial score (nSPS) is 14.5.